The molecule has 4 heteroatoms. The molecule has 0 heterocycles. The monoisotopic (exact) mass is 282 g/mol. The summed E-state index contributed by atoms with van der Waals surface area (Å²) in [4.78, 5) is 11.6. The van der Waals surface area contributed by atoms with Crippen molar-refractivity contribution in [1.82, 2.24) is 5.32 Å². The van der Waals surface area contributed by atoms with Crippen molar-refractivity contribution in [3.63, 3.8) is 0 Å². The molecule has 0 bridgehead atoms. The molecule has 1 amide bonds. The lowest BCUT2D eigenvalue weighted by molar-refractivity contribution is -0.121. The number of benzene rings is 1. The Morgan fingerprint density at radius 1 is 1.50 bits per heavy atom. The Kier molecular flexibility index (Phi) is 3.30. The highest BCUT2D eigenvalue weighted by Crippen LogP contribution is 2.45. The fourth-order valence-corrected chi connectivity index (χ4v) is 2.26. The fourth-order valence-electron chi connectivity index (χ4n) is 1.86. The maximum absolute atomic E-state index is 11.6. The predicted octanol–water partition coefficient (Wildman–Crippen LogP) is 1.90. The van der Waals surface area contributed by atoms with E-state index in [-0.39, 0.29) is 11.4 Å². The molecule has 1 aliphatic rings. The normalized spacial score (nSPS) is 16.9. The zero-order valence-corrected chi connectivity index (χ0v) is 10.6. The van der Waals surface area contributed by atoms with Crippen molar-refractivity contribution in [1.29, 1.82) is 0 Å². The van der Waals surface area contributed by atoms with Crippen molar-refractivity contribution in [2.24, 2.45) is 5.73 Å². The molecule has 1 aromatic rings. The minimum atomic E-state index is -0.129. The van der Waals surface area contributed by atoms with Gasteiger partial charge in [-0.25, -0.2) is 0 Å². The van der Waals surface area contributed by atoms with Gasteiger partial charge in [0.15, 0.2) is 0 Å². The third-order valence-corrected chi connectivity index (χ3v) is 3.37. The van der Waals surface area contributed by atoms with Crippen LogP contribution in [-0.2, 0) is 10.3 Å². The van der Waals surface area contributed by atoms with E-state index in [9.17, 15) is 4.79 Å². The SMILES string of the molecule is NCCC(=O)NC1(c2cccc(Br)c2)CC1. The van der Waals surface area contributed by atoms with Gasteiger partial charge in [-0.1, -0.05) is 28.1 Å². The van der Waals surface area contributed by atoms with E-state index in [0.29, 0.717) is 13.0 Å². The van der Waals surface area contributed by atoms with Gasteiger partial charge >= 0.3 is 0 Å². The molecule has 1 saturated carbocycles. The number of carbonyl (C=O) groups is 1. The topological polar surface area (TPSA) is 55.1 Å². The lowest BCUT2D eigenvalue weighted by Gasteiger charge is -2.18. The van der Waals surface area contributed by atoms with E-state index < -0.39 is 0 Å². The first-order chi connectivity index (χ1) is 7.66. The maximum Gasteiger partial charge on any atom is 0.221 e. The summed E-state index contributed by atoms with van der Waals surface area (Å²) in [6.07, 6.45) is 2.43. The van der Waals surface area contributed by atoms with Gasteiger partial charge in [-0.3, -0.25) is 4.79 Å². The van der Waals surface area contributed by atoms with Crippen molar-refractivity contribution in [3.8, 4) is 0 Å². The quantitative estimate of drug-likeness (QED) is 0.886. The van der Waals surface area contributed by atoms with Crippen LogP contribution in [0.3, 0.4) is 0 Å². The Morgan fingerprint density at radius 3 is 2.81 bits per heavy atom. The van der Waals surface area contributed by atoms with Gasteiger partial charge in [0.2, 0.25) is 5.91 Å². The van der Waals surface area contributed by atoms with Crippen molar-refractivity contribution < 1.29 is 4.79 Å². The Morgan fingerprint density at radius 2 is 2.25 bits per heavy atom. The number of amides is 1. The number of hydrogen-bond donors (Lipinski definition) is 2. The van der Waals surface area contributed by atoms with Crippen LogP contribution in [0.5, 0.6) is 0 Å². The van der Waals surface area contributed by atoms with Crippen molar-refractivity contribution in [3.05, 3.63) is 34.3 Å². The average Bonchev–Trinajstić information content (AvgIpc) is 2.99. The summed E-state index contributed by atoms with van der Waals surface area (Å²) in [5.41, 5.74) is 6.41. The number of halogens is 1. The second-order valence-corrected chi connectivity index (χ2v) is 5.09. The minimum Gasteiger partial charge on any atom is -0.347 e. The first-order valence-electron chi connectivity index (χ1n) is 5.43. The van der Waals surface area contributed by atoms with E-state index in [0.717, 1.165) is 17.3 Å². The molecule has 0 aliphatic heterocycles. The van der Waals surface area contributed by atoms with Crippen molar-refractivity contribution >= 4 is 21.8 Å². The number of nitrogens with two attached hydrogens (primary N) is 1. The number of hydrogen-bond acceptors (Lipinski definition) is 2. The molecule has 0 aromatic heterocycles. The fraction of sp³-hybridized carbons (Fsp3) is 0.417. The Labute approximate surface area is 104 Å². The smallest absolute Gasteiger partial charge is 0.221 e. The van der Waals surface area contributed by atoms with E-state index in [2.05, 4.69) is 33.4 Å². The Hall–Kier alpha value is -0.870. The molecule has 16 heavy (non-hydrogen) atoms. The highest BCUT2D eigenvalue weighted by Gasteiger charge is 2.45. The third kappa shape index (κ3) is 2.44. The molecule has 0 saturated heterocycles. The average molecular weight is 283 g/mol. The van der Waals surface area contributed by atoms with Gasteiger partial charge in [-0.2, -0.15) is 0 Å². The van der Waals surface area contributed by atoms with Gasteiger partial charge in [-0.05, 0) is 30.5 Å². The standard InChI is InChI=1S/C12H15BrN2O/c13-10-3-1-2-9(8-10)12(5-6-12)15-11(16)4-7-14/h1-3,8H,4-7,14H2,(H,15,16). The molecule has 1 fully saturated rings. The molecular weight excluding hydrogens is 268 g/mol. The predicted molar refractivity (Wildman–Crippen MR) is 66.9 cm³/mol. The molecule has 3 N–H and O–H groups in total. The molecule has 1 aliphatic carbocycles. The van der Waals surface area contributed by atoms with Gasteiger partial charge in [0.25, 0.3) is 0 Å². The number of carbonyl (C=O) groups excluding carboxylic acids is 1. The highest BCUT2D eigenvalue weighted by atomic mass is 79.9. The van der Waals surface area contributed by atoms with Crippen molar-refractivity contribution in [2.75, 3.05) is 6.54 Å². The molecule has 3 nitrogen and oxygen atoms in total. The summed E-state index contributed by atoms with van der Waals surface area (Å²) in [6, 6.07) is 8.10. The third-order valence-electron chi connectivity index (χ3n) is 2.88. The van der Waals surface area contributed by atoms with Gasteiger partial charge < -0.3 is 11.1 Å². The second kappa shape index (κ2) is 4.55. The van der Waals surface area contributed by atoms with Crippen molar-refractivity contribution in [2.45, 2.75) is 24.8 Å². The van der Waals surface area contributed by atoms with Gasteiger partial charge in [0.05, 0.1) is 5.54 Å². The second-order valence-electron chi connectivity index (χ2n) is 4.18. The van der Waals surface area contributed by atoms with Crippen LogP contribution in [0.2, 0.25) is 0 Å². The Bertz CT molecular complexity index is 402. The maximum atomic E-state index is 11.6. The van der Waals surface area contributed by atoms with Crippen LogP contribution in [0.1, 0.15) is 24.8 Å². The lowest BCUT2D eigenvalue weighted by atomic mass is 10.0. The largest absolute Gasteiger partial charge is 0.347 e. The van der Waals surface area contributed by atoms with Crippen LogP contribution >= 0.6 is 15.9 Å². The van der Waals surface area contributed by atoms with E-state index in [1.165, 1.54) is 5.56 Å². The first-order valence-corrected chi connectivity index (χ1v) is 6.23. The van der Waals surface area contributed by atoms with Gasteiger partial charge in [-0.15, -0.1) is 0 Å². The van der Waals surface area contributed by atoms with E-state index in [4.69, 9.17) is 5.73 Å². The van der Waals surface area contributed by atoms with E-state index >= 15 is 0 Å². The zero-order valence-electron chi connectivity index (χ0n) is 9.00. The highest BCUT2D eigenvalue weighted by molar-refractivity contribution is 9.10. The molecule has 0 spiro atoms. The summed E-state index contributed by atoms with van der Waals surface area (Å²) in [5.74, 6) is 0.0416. The van der Waals surface area contributed by atoms with Crippen LogP contribution in [0.4, 0.5) is 0 Å². The summed E-state index contributed by atoms with van der Waals surface area (Å²) in [5, 5.41) is 3.07. The summed E-state index contributed by atoms with van der Waals surface area (Å²) in [7, 11) is 0. The van der Waals surface area contributed by atoms with Crippen LogP contribution in [0.15, 0.2) is 28.7 Å². The van der Waals surface area contributed by atoms with Crippen LogP contribution in [0, 0.1) is 0 Å². The van der Waals surface area contributed by atoms with Gasteiger partial charge in [0.1, 0.15) is 0 Å². The molecule has 2 rings (SSSR count). The molecule has 0 atom stereocenters. The lowest BCUT2D eigenvalue weighted by Crippen LogP contribution is -2.35. The van der Waals surface area contributed by atoms with E-state index in [1.54, 1.807) is 0 Å². The van der Waals surface area contributed by atoms with Crippen LogP contribution < -0.4 is 11.1 Å². The minimum absolute atomic E-state index is 0.0416. The van der Waals surface area contributed by atoms with Gasteiger partial charge in [0, 0.05) is 17.4 Å². The molecule has 1 aromatic carbocycles. The van der Waals surface area contributed by atoms with Crippen LogP contribution in [-0.4, -0.2) is 12.5 Å². The molecular formula is C12H15BrN2O. The summed E-state index contributed by atoms with van der Waals surface area (Å²) in [6.45, 7) is 0.403. The van der Waals surface area contributed by atoms with Crippen LogP contribution in [0.25, 0.3) is 0 Å². The molecule has 0 unspecified atom stereocenters. The number of rotatable bonds is 4. The summed E-state index contributed by atoms with van der Waals surface area (Å²) < 4.78 is 1.05. The summed E-state index contributed by atoms with van der Waals surface area (Å²) >= 11 is 3.45. The molecule has 86 valence electrons. The molecule has 0 radical (unpaired) electrons. The Balaban J connectivity index is 2.11. The first kappa shape index (κ1) is 11.6. The zero-order chi connectivity index (χ0) is 11.6. The number of nitrogens with one attached hydrogen (secondary N) is 1. The van der Waals surface area contributed by atoms with E-state index in [1.807, 2.05) is 12.1 Å².